The molecular formula is C11H18O. The van der Waals surface area contributed by atoms with Crippen molar-refractivity contribution in [3.63, 3.8) is 0 Å². The second kappa shape index (κ2) is 4.81. The molecule has 0 heterocycles. The Balaban J connectivity index is 0.00000121. The molecular weight excluding hydrogens is 148 g/mol. The summed E-state index contributed by atoms with van der Waals surface area (Å²) >= 11 is 0. The zero-order valence-corrected chi connectivity index (χ0v) is 7.04. The molecule has 0 aliphatic carbocycles. The van der Waals surface area contributed by atoms with Gasteiger partial charge in [0.2, 0.25) is 0 Å². The van der Waals surface area contributed by atoms with E-state index in [9.17, 15) is 0 Å². The van der Waals surface area contributed by atoms with Gasteiger partial charge in [-0.2, -0.15) is 0 Å². The Morgan fingerprint density at radius 2 is 1.75 bits per heavy atom. The van der Waals surface area contributed by atoms with Crippen LogP contribution in [0.4, 0.5) is 0 Å². The van der Waals surface area contributed by atoms with E-state index in [1.54, 1.807) is 12.1 Å². The van der Waals surface area contributed by atoms with Crippen molar-refractivity contribution in [3.05, 3.63) is 29.8 Å². The third kappa shape index (κ3) is 2.57. The smallest absolute Gasteiger partial charge is 0.115 e. The molecule has 1 aromatic carbocycles. The predicted octanol–water partition coefficient (Wildman–Crippen LogP) is 3.54. The van der Waals surface area contributed by atoms with Crippen molar-refractivity contribution in [1.29, 1.82) is 0 Å². The van der Waals surface area contributed by atoms with Crippen LogP contribution >= 0.6 is 0 Å². The number of hydrogen-bond acceptors (Lipinski definition) is 1. The summed E-state index contributed by atoms with van der Waals surface area (Å²) in [6.45, 7) is 4.35. The maximum atomic E-state index is 9.01. The Hall–Kier alpha value is -0.980. The summed E-state index contributed by atoms with van der Waals surface area (Å²) in [6.07, 6.45) is 1.14. The molecule has 1 aromatic rings. The maximum absolute atomic E-state index is 9.01. The number of phenols is 1. The van der Waals surface area contributed by atoms with Crippen molar-refractivity contribution in [2.24, 2.45) is 0 Å². The van der Waals surface area contributed by atoms with E-state index in [1.807, 2.05) is 12.1 Å². The van der Waals surface area contributed by atoms with Gasteiger partial charge in [0.1, 0.15) is 5.75 Å². The van der Waals surface area contributed by atoms with Crippen LogP contribution in [0.3, 0.4) is 0 Å². The summed E-state index contributed by atoms with van der Waals surface area (Å²) < 4.78 is 0. The lowest BCUT2D eigenvalue weighted by molar-refractivity contribution is 0.475. The Kier molecular flexibility index (Phi) is 4.42. The van der Waals surface area contributed by atoms with E-state index >= 15 is 0 Å². The van der Waals surface area contributed by atoms with Crippen LogP contribution < -0.4 is 0 Å². The molecule has 68 valence electrons. The fourth-order valence-corrected chi connectivity index (χ4v) is 1.04. The molecule has 0 saturated carbocycles. The molecule has 0 spiro atoms. The van der Waals surface area contributed by atoms with Crippen LogP contribution in [0.1, 0.15) is 39.2 Å². The van der Waals surface area contributed by atoms with Crippen LogP contribution in [0, 0.1) is 0 Å². The molecule has 0 fully saturated rings. The van der Waals surface area contributed by atoms with E-state index < -0.39 is 0 Å². The van der Waals surface area contributed by atoms with Gasteiger partial charge in [-0.05, 0) is 30.0 Å². The first-order chi connectivity index (χ1) is 5.24. The third-order valence-corrected chi connectivity index (χ3v) is 2.07. The zero-order valence-electron chi connectivity index (χ0n) is 7.04. The van der Waals surface area contributed by atoms with Gasteiger partial charge in [0.25, 0.3) is 0 Å². The van der Waals surface area contributed by atoms with E-state index in [0.717, 1.165) is 6.42 Å². The summed E-state index contributed by atoms with van der Waals surface area (Å²) in [5.41, 5.74) is 1.30. The van der Waals surface area contributed by atoms with Crippen LogP contribution in [0.25, 0.3) is 0 Å². The first kappa shape index (κ1) is 11.0. The van der Waals surface area contributed by atoms with Crippen molar-refractivity contribution in [2.45, 2.75) is 33.6 Å². The molecule has 0 radical (unpaired) electrons. The quantitative estimate of drug-likeness (QED) is 0.712. The first-order valence-electron chi connectivity index (χ1n) is 4.03. The summed E-state index contributed by atoms with van der Waals surface area (Å²) in [6, 6.07) is 7.43. The zero-order chi connectivity index (χ0) is 8.27. The number of benzene rings is 1. The lowest BCUT2D eigenvalue weighted by atomic mass is 9.99. The molecule has 1 unspecified atom stereocenters. The van der Waals surface area contributed by atoms with Crippen molar-refractivity contribution in [2.75, 3.05) is 0 Å². The van der Waals surface area contributed by atoms with E-state index in [0.29, 0.717) is 11.7 Å². The van der Waals surface area contributed by atoms with Crippen LogP contribution in [-0.2, 0) is 0 Å². The Morgan fingerprint density at radius 1 is 1.25 bits per heavy atom. The fraction of sp³-hybridized carbons (Fsp3) is 0.455. The van der Waals surface area contributed by atoms with Gasteiger partial charge in [-0.3, -0.25) is 0 Å². The van der Waals surface area contributed by atoms with Crippen molar-refractivity contribution >= 4 is 0 Å². The van der Waals surface area contributed by atoms with Gasteiger partial charge in [-0.25, -0.2) is 0 Å². The van der Waals surface area contributed by atoms with Gasteiger partial charge in [0.05, 0.1) is 0 Å². The van der Waals surface area contributed by atoms with Gasteiger partial charge >= 0.3 is 0 Å². The molecule has 0 aliphatic rings. The average Bonchev–Trinajstić information content (AvgIpc) is 2.05. The van der Waals surface area contributed by atoms with E-state index in [-0.39, 0.29) is 7.43 Å². The highest BCUT2D eigenvalue weighted by Crippen LogP contribution is 2.20. The summed E-state index contributed by atoms with van der Waals surface area (Å²) in [5, 5.41) is 9.01. The second-order valence-electron chi connectivity index (χ2n) is 2.90. The van der Waals surface area contributed by atoms with Gasteiger partial charge < -0.3 is 5.11 Å². The van der Waals surface area contributed by atoms with Crippen molar-refractivity contribution in [3.8, 4) is 5.75 Å². The van der Waals surface area contributed by atoms with Crippen LogP contribution in [0.2, 0.25) is 0 Å². The Morgan fingerprint density at radius 3 is 2.17 bits per heavy atom. The van der Waals surface area contributed by atoms with Gasteiger partial charge in [-0.15, -0.1) is 0 Å². The number of hydrogen-bond donors (Lipinski definition) is 1. The normalized spacial score (nSPS) is 11.8. The van der Waals surface area contributed by atoms with Crippen LogP contribution in [0.5, 0.6) is 5.75 Å². The van der Waals surface area contributed by atoms with Gasteiger partial charge in [0, 0.05) is 0 Å². The highest BCUT2D eigenvalue weighted by molar-refractivity contribution is 5.27. The molecule has 1 heteroatoms. The molecule has 0 amide bonds. The maximum Gasteiger partial charge on any atom is 0.115 e. The Labute approximate surface area is 75.1 Å². The summed E-state index contributed by atoms with van der Waals surface area (Å²) in [5.74, 6) is 0.938. The first-order valence-corrected chi connectivity index (χ1v) is 4.03. The molecule has 0 aliphatic heterocycles. The molecule has 12 heavy (non-hydrogen) atoms. The van der Waals surface area contributed by atoms with Gasteiger partial charge in [-0.1, -0.05) is 33.4 Å². The molecule has 0 aromatic heterocycles. The van der Waals surface area contributed by atoms with E-state index in [2.05, 4.69) is 13.8 Å². The SMILES string of the molecule is C.CCC(C)c1ccc(O)cc1. The van der Waals surface area contributed by atoms with E-state index in [4.69, 9.17) is 5.11 Å². The van der Waals surface area contributed by atoms with Crippen LogP contribution in [-0.4, -0.2) is 5.11 Å². The minimum Gasteiger partial charge on any atom is -0.508 e. The van der Waals surface area contributed by atoms with Crippen molar-refractivity contribution < 1.29 is 5.11 Å². The Bertz CT molecular complexity index is 213. The molecule has 0 saturated heterocycles. The molecule has 1 nitrogen and oxygen atoms in total. The van der Waals surface area contributed by atoms with Crippen LogP contribution in [0.15, 0.2) is 24.3 Å². The highest BCUT2D eigenvalue weighted by atomic mass is 16.3. The molecule has 1 rings (SSSR count). The fourth-order valence-electron chi connectivity index (χ4n) is 1.04. The third-order valence-electron chi connectivity index (χ3n) is 2.07. The highest BCUT2D eigenvalue weighted by Gasteiger charge is 2.00. The van der Waals surface area contributed by atoms with E-state index in [1.165, 1.54) is 5.56 Å². The predicted molar refractivity (Wildman–Crippen MR) is 53.5 cm³/mol. The standard InChI is InChI=1S/C10H14O.CH4/c1-3-8(2)9-4-6-10(11)7-5-9;/h4-8,11H,3H2,1-2H3;1H4. The lowest BCUT2D eigenvalue weighted by Gasteiger charge is -2.07. The van der Waals surface area contributed by atoms with Gasteiger partial charge in [0.15, 0.2) is 0 Å². The minimum atomic E-state index is 0. The molecule has 1 atom stereocenters. The largest absolute Gasteiger partial charge is 0.508 e. The number of rotatable bonds is 2. The number of phenolic OH excluding ortho intramolecular Hbond substituents is 1. The second-order valence-corrected chi connectivity index (χ2v) is 2.90. The number of aromatic hydroxyl groups is 1. The monoisotopic (exact) mass is 166 g/mol. The minimum absolute atomic E-state index is 0. The molecule has 1 N–H and O–H groups in total. The lowest BCUT2D eigenvalue weighted by Crippen LogP contribution is -1.89. The topological polar surface area (TPSA) is 20.2 Å². The molecule has 0 bridgehead atoms. The average molecular weight is 166 g/mol. The van der Waals surface area contributed by atoms with Crippen molar-refractivity contribution in [1.82, 2.24) is 0 Å². The summed E-state index contributed by atoms with van der Waals surface area (Å²) in [7, 11) is 0. The summed E-state index contributed by atoms with van der Waals surface area (Å²) in [4.78, 5) is 0.